The quantitative estimate of drug-likeness (QED) is 0.525. The summed E-state index contributed by atoms with van der Waals surface area (Å²) in [5.74, 6) is -0.0508. The molecule has 3 aromatic carbocycles. The zero-order chi connectivity index (χ0) is 26.4. The molecule has 3 aliphatic rings. The zero-order valence-electron chi connectivity index (χ0n) is 21.5. The summed E-state index contributed by atoms with van der Waals surface area (Å²) in [6.45, 7) is 2.53. The molecule has 3 heterocycles. The molecule has 8 heteroatoms. The maximum Gasteiger partial charge on any atom is 0.254 e. The number of anilines is 1. The van der Waals surface area contributed by atoms with Crippen molar-refractivity contribution >= 4 is 17.5 Å². The summed E-state index contributed by atoms with van der Waals surface area (Å²) in [4.78, 5) is 33.8. The first-order chi connectivity index (χ1) is 18.5. The zero-order valence-corrected chi connectivity index (χ0v) is 21.5. The molecule has 0 aromatic heterocycles. The van der Waals surface area contributed by atoms with Crippen LogP contribution in [-0.4, -0.2) is 68.6 Å². The monoisotopic (exact) mass is 515 g/mol. The van der Waals surface area contributed by atoms with Crippen LogP contribution in [0.5, 0.6) is 11.5 Å². The molecule has 0 aliphatic carbocycles. The molecule has 0 bridgehead atoms. The normalized spacial score (nSPS) is 20.4. The van der Waals surface area contributed by atoms with E-state index in [0.29, 0.717) is 61.0 Å². The molecule has 7 nitrogen and oxygen atoms in total. The first-order valence-corrected chi connectivity index (χ1v) is 12.9. The summed E-state index contributed by atoms with van der Waals surface area (Å²) in [6, 6.07) is 17.9. The smallest absolute Gasteiger partial charge is 0.254 e. The summed E-state index contributed by atoms with van der Waals surface area (Å²) in [5.41, 5.74) is 3.86. The number of carbonyl (C=O) groups is 2. The van der Waals surface area contributed by atoms with Crippen LogP contribution in [0.3, 0.4) is 0 Å². The van der Waals surface area contributed by atoms with Gasteiger partial charge in [-0.2, -0.15) is 0 Å². The predicted octanol–water partition coefficient (Wildman–Crippen LogP) is 4.03. The molecule has 6 rings (SSSR count). The van der Waals surface area contributed by atoms with Gasteiger partial charge in [0.05, 0.1) is 31.9 Å². The van der Waals surface area contributed by atoms with Gasteiger partial charge < -0.3 is 24.2 Å². The molecular formula is C30H30FN3O4. The number of piperazine rings is 1. The van der Waals surface area contributed by atoms with Crippen LogP contribution in [0.1, 0.15) is 39.0 Å². The van der Waals surface area contributed by atoms with Gasteiger partial charge in [0.2, 0.25) is 5.91 Å². The number of ether oxygens (including phenoxy) is 2. The first-order valence-electron chi connectivity index (χ1n) is 12.9. The Morgan fingerprint density at radius 1 is 0.868 bits per heavy atom. The minimum atomic E-state index is -0.594. The highest BCUT2D eigenvalue weighted by atomic mass is 19.1. The van der Waals surface area contributed by atoms with Crippen molar-refractivity contribution in [1.29, 1.82) is 0 Å². The van der Waals surface area contributed by atoms with Crippen molar-refractivity contribution in [3.63, 3.8) is 0 Å². The number of para-hydroxylation sites is 1. The van der Waals surface area contributed by atoms with Crippen LogP contribution in [0.4, 0.5) is 10.1 Å². The second-order valence-corrected chi connectivity index (χ2v) is 9.93. The van der Waals surface area contributed by atoms with Gasteiger partial charge in [0, 0.05) is 38.3 Å². The van der Waals surface area contributed by atoms with Crippen molar-refractivity contribution < 1.29 is 23.5 Å². The van der Waals surface area contributed by atoms with Crippen LogP contribution in [0.2, 0.25) is 0 Å². The fourth-order valence-electron chi connectivity index (χ4n) is 6.19. The molecule has 0 N–H and O–H groups in total. The molecule has 0 unspecified atom stereocenters. The van der Waals surface area contributed by atoms with Gasteiger partial charge in [0.1, 0.15) is 5.82 Å². The lowest BCUT2D eigenvalue weighted by Gasteiger charge is -2.47. The number of methoxy groups -OCH3 is 2. The van der Waals surface area contributed by atoms with Gasteiger partial charge in [-0.1, -0.05) is 36.4 Å². The maximum absolute atomic E-state index is 14.4. The van der Waals surface area contributed by atoms with E-state index in [9.17, 15) is 14.0 Å². The van der Waals surface area contributed by atoms with Crippen LogP contribution in [0.25, 0.3) is 0 Å². The lowest BCUT2D eigenvalue weighted by Crippen LogP contribution is -2.54. The van der Waals surface area contributed by atoms with Crippen LogP contribution >= 0.6 is 0 Å². The highest BCUT2D eigenvalue weighted by Crippen LogP contribution is 2.49. The summed E-state index contributed by atoms with van der Waals surface area (Å²) in [6.07, 6.45) is 0.739. The minimum absolute atomic E-state index is 0.0362. The summed E-state index contributed by atoms with van der Waals surface area (Å²) >= 11 is 0. The van der Waals surface area contributed by atoms with E-state index in [1.807, 2.05) is 39.0 Å². The molecule has 196 valence electrons. The Labute approximate surface area is 221 Å². The first kappa shape index (κ1) is 24.3. The third kappa shape index (κ3) is 3.86. The third-order valence-electron chi connectivity index (χ3n) is 8.08. The maximum atomic E-state index is 14.4. The molecule has 2 atom stereocenters. The molecule has 0 radical (unpaired) electrons. The number of benzene rings is 3. The molecular weight excluding hydrogens is 485 g/mol. The number of hydrogen-bond acceptors (Lipinski definition) is 5. The lowest BCUT2D eigenvalue weighted by molar-refractivity contribution is -0.135. The number of nitrogens with zero attached hydrogens (tertiary/aromatic N) is 3. The molecule has 38 heavy (non-hydrogen) atoms. The highest BCUT2D eigenvalue weighted by Gasteiger charge is 2.48. The fraction of sp³-hybridized carbons (Fsp3) is 0.333. The van der Waals surface area contributed by atoms with Crippen molar-refractivity contribution in [3.05, 3.63) is 88.7 Å². The van der Waals surface area contributed by atoms with Crippen LogP contribution in [-0.2, 0) is 11.2 Å². The van der Waals surface area contributed by atoms with Crippen molar-refractivity contribution in [2.24, 2.45) is 0 Å². The lowest BCUT2D eigenvalue weighted by atomic mass is 9.75. The third-order valence-corrected chi connectivity index (χ3v) is 8.08. The Morgan fingerprint density at radius 3 is 2.29 bits per heavy atom. The Morgan fingerprint density at radius 2 is 1.55 bits per heavy atom. The van der Waals surface area contributed by atoms with Crippen LogP contribution in [0, 0.1) is 5.82 Å². The van der Waals surface area contributed by atoms with Crippen LogP contribution < -0.4 is 14.4 Å². The molecule has 2 amide bonds. The standard InChI is InChI=1S/C30H30FN3O4/c1-37-25-17-21-22(18-26(25)38-2)29(35)34-12-11-19-7-3-4-8-20(19)28(34)27(21)30(36)33-15-13-32(14-16-33)24-10-6-5-9-23(24)31/h3-10,17-18,27-28H,11-16H2,1-2H3/t27-,28-/m0/s1. The predicted molar refractivity (Wildman–Crippen MR) is 141 cm³/mol. The van der Waals surface area contributed by atoms with Gasteiger partial charge >= 0.3 is 0 Å². The van der Waals surface area contributed by atoms with E-state index >= 15 is 0 Å². The Bertz CT molecular complexity index is 1400. The van der Waals surface area contributed by atoms with E-state index < -0.39 is 12.0 Å². The van der Waals surface area contributed by atoms with E-state index in [-0.39, 0.29) is 17.6 Å². The molecule has 3 aliphatic heterocycles. The van der Waals surface area contributed by atoms with Gasteiger partial charge in [0.15, 0.2) is 11.5 Å². The molecule has 1 fully saturated rings. The Kier molecular flexibility index (Phi) is 6.18. The number of carbonyl (C=O) groups excluding carboxylic acids is 2. The fourth-order valence-corrected chi connectivity index (χ4v) is 6.19. The summed E-state index contributed by atoms with van der Waals surface area (Å²) < 4.78 is 25.5. The van der Waals surface area contributed by atoms with Crippen molar-refractivity contribution in [1.82, 2.24) is 9.80 Å². The molecule has 0 spiro atoms. The molecule has 1 saturated heterocycles. The number of hydrogen-bond donors (Lipinski definition) is 0. The number of fused-ring (bicyclic) bond motifs is 4. The van der Waals surface area contributed by atoms with Gasteiger partial charge in [-0.3, -0.25) is 9.59 Å². The molecule has 0 saturated carbocycles. The second kappa shape index (κ2) is 9.67. The average molecular weight is 516 g/mol. The Balaban J connectivity index is 1.39. The second-order valence-electron chi connectivity index (χ2n) is 9.93. The van der Waals surface area contributed by atoms with Gasteiger partial charge in [-0.25, -0.2) is 4.39 Å². The number of amides is 2. The van der Waals surface area contributed by atoms with E-state index in [2.05, 4.69) is 6.07 Å². The Hall–Kier alpha value is -4.07. The van der Waals surface area contributed by atoms with Gasteiger partial charge in [-0.05, 0) is 47.4 Å². The minimum Gasteiger partial charge on any atom is -0.493 e. The SMILES string of the molecule is COc1cc2c(cc1OC)[C@H](C(=O)N1CCN(c3ccccc3F)CC1)[C@@H]1c3ccccc3CCN1C2=O. The van der Waals surface area contributed by atoms with E-state index in [4.69, 9.17) is 9.47 Å². The van der Waals surface area contributed by atoms with Crippen LogP contribution in [0.15, 0.2) is 60.7 Å². The van der Waals surface area contributed by atoms with E-state index in [0.717, 1.165) is 17.5 Å². The number of rotatable bonds is 4. The van der Waals surface area contributed by atoms with E-state index in [1.54, 1.807) is 31.4 Å². The largest absolute Gasteiger partial charge is 0.493 e. The van der Waals surface area contributed by atoms with Crippen molar-refractivity contribution in [3.8, 4) is 11.5 Å². The average Bonchev–Trinajstić information content (AvgIpc) is 2.96. The van der Waals surface area contributed by atoms with Crippen molar-refractivity contribution in [2.45, 2.75) is 18.4 Å². The number of halogens is 1. The van der Waals surface area contributed by atoms with Crippen molar-refractivity contribution in [2.75, 3.05) is 51.8 Å². The highest BCUT2D eigenvalue weighted by molar-refractivity contribution is 6.02. The molecule has 3 aromatic rings. The topological polar surface area (TPSA) is 62.3 Å². The van der Waals surface area contributed by atoms with Gasteiger partial charge in [-0.15, -0.1) is 0 Å². The summed E-state index contributed by atoms with van der Waals surface area (Å²) in [5, 5.41) is 0. The van der Waals surface area contributed by atoms with Gasteiger partial charge in [0.25, 0.3) is 5.91 Å². The summed E-state index contributed by atoms with van der Waals surface area (Å²) in [7, 11) is 3.09. The van der Waals surface area contributed by atoms with E-state index in [1.165, 1.54) is 13.2 Å².